The molecule has 112 valence electrons. The van der Waals surface area contributed by atoms with Crippen molar-refractivity contribution in [3.63, 3.8) is 0 Å². The van der Waals surface area contributed by atoms with Gasteiger partial charge in [0, 0.05) is 17.8 Å². The predicted molar refractivity (Wildman–Crippen MR) is 74.4 cm³/mol. The summed E-state index contributed by atoms with van der Waals surface area (Å²) in [4.78, 5) is 13.7. The highest BCUT2D eigenvalue weighted by molar-refractivity contribution is 7.89. The Labute approximate surface area is 118 Å². The fraction of sp³-hybridized carbons (Fsp3) is 0.615. The molecule has 1 saturated carbocycles. The molecular formula is C13H20N2O4S. The quantitative estimate of drug-likeness (QED) is 0.746. The van der Waals surface area contributed by atoms with Gasteiger partial charge in [-0.1, -0.05) is 6.92 Å². The van der Waals surface area contributed by atoms with Crippen molar-refractivity contribution < 1.29 is 18.3 Å². The molecule has 1 aliphatic rings. The molecule has 0 radical (unpaired) electrons. The van der Waals surface area contributed by atoms with Crippen molar-refractivity contribution in [3.05, 3.63) is 17.0 Å². The first kappa shape index (κ1) is 15.1. The molecule has 1 aliphatic carbocycles. The van der Waals surface area contributed by atoms with Crippen LogP contribution in [0.25, 0.3) is 0 Å². The van der Waals surface area contributed by atoms with Crippen molar-refractivity contribution in [1.82, 2.24) is 9.71 Å². The summed E-state index contributed by atoms with van der Waals surface area (Å²) in [5, 5.41) is 9.03. The second-order valence-electron chi connectivity index (χ2n) is 5.56. The zero-order valence-electron chi connectivity index (χ0n) is 11.9. The summed E-state index contributed by atoms with van der Waals surface area (Å²) in [5.74, 6) is -1.15. The Morgan fingerprint density at radius 3 is 2.40 bits per heavy atom. The Hall–Kier alpha value is -1.34. The number of sulfonamides is 1. The van der Waals surface area contributed by atoms with Crippen LogP contribution in [0, 0.1) is 19.3 Å². The van der Waals surface area contributed by atoms with Gasteiger partial charge in [-0.25, -0.2) is 17.9 Å². The van der Waals surface area contributed by atoms with Gasteiger partial charge < -0.3 is 10.1 Å². The second-order valence-corrected chi connectivity index (χ2v) is 7.27. The Morgan fingerprint density at radius 2 is 2.00 bits per heavy atom. The van der Waals surface area contributed by atoms with Gasteiger partial charge >= 0.3 is 5.97 Å². The number of rotatable bonds is 6. The highest BCUT2D eigenvalue weighted by atomic mass is 32.2. The van der Waals surface area contributed by atoms with E-state index in [9.17, 15) is 13.2 Å². The number of hydrogen-bond acceptors (Lipinski definition) is 3. The zero-order valence-corrected chi connectivity index (χ0v) is 12.7. The molecule has 0 spiro atoms. The summed E-state index contributed by atoms with van der Waals surface area (Å²) in [6.45, 7) is 5.55. The van der Waals surface area contributed by atoms with Gasteiger partial charge in [-0.15, -0.1) is 0 Å². The summed E-state index contributed by atoms with van der Waals surface area (Å²) in [6.07, 6.45) is 3.02. The minimum absolute atomic E-state index is 0.0572. The molecule has 0 aromatic carbocycles. The van der Waals surface area contributed by atoms with Crippen molar-refractivity contribution in [3.8, 4) is 0 Å². The third-order valence-electron chi connectivity index (χ3n) is 4.20. The van der Waals surface area contributed by atoms with E-state index in [1.54, 1.807) is 6.92 Å². The van der Waals surface area contributed by atoms with Crippen LogP contribution < -0.4 is 4.72 Å². The number of aromatic nitrogens is 1. The number of nitrogens with one attached hydrogen (secondary N) is 2. The molecular weight excluding hydrogens is 280 g/mol. The molecule has 0 unspecified atom stereocenters. The van der Waals surface area contributed by atoms with Crippen LogP contribution >= 0.6 is 0 Å². The van der Waals surface area contributed by atoms with E-state index in [0.29, 0.717) is 12.2 Å². The summed E-state index contributed by atoms with van der Waals surface area (Å²) in [7, 11) is -3.68. The lowest BCUT2D eigenvalue weighted by molar-refractivity contribution is 0.0690. The fourth-order valence-corrected chi connectivity index (χ4v) is 4.10. The van der Waals surface area contributed by atoms with Crippen LogP contribution in [-0.2, 0) is 10.0 Å². The number of carboxylic acids is 1. The van der Waals surface area contributed by atoms with Crippen molar-refractivity contribution in [2.24, 2.45) is 5.41 Å². The van der Waals surface area contributed by atoms with Crippen molar-refractivity contribution in [2.45, 2.75) is 44.9 Å². The van der Waals surface area contributed by atoms with Crippen LogP contribution in [-0.4, -0.2) is 31.0 Å². The minimum Gasteiger partial charge on any atom is -0.477 e. The topological polar surface area (TPSA) is 99.3 Å². The van der Waals surface area contributed by atoms with Crippen molar-refractivity contribution in [2.75, 3.05) is 6.54 Å². The van der Waals surface area contributed by atoms with Crippen molar-refractivity contribution in [1.29, 1.82) is 0 Å². The highest BCUT2D eigenvalue weighted by Crippen LogP contribution is 2.48. The van der Waals surface area contributed by atoms with Crippen LogP contribution in [0.5, 0.6) is 0 Å². The van der Waals surface area contributed by atoms with Gasteiger partial charge in [-0.05, 0) is 38.5 Å². The number of hydrogen-bond donors (Lipinski definition) is 3. The van der Waals surface area contributed by atoms with E-state index in [2.05, 4.69) is 16.6 Å². The van der Waals surface area contributed by atoms with Crippen LogP contribution in [0.15, 0.2) is 4.90 Å². The van der Waals surface area contributed by atoms with E-state index in [4.69, 9.17) is 5.11 Å². The Kier molecular flexibility index (Phi) is 3.68. The maximum absolute atomic E-state index is 12.4. The fourth-order valence-electron chi connectivity index (χ4n) is 2.50. The lowest BCUT2D eigenvalue weighted by atomic mass is 10.1. The average molecular weight is 300 g/mol. The first-order valence-corrected chi connectivity index (χ1v) is 8.13. The summed E-state index contributed by atoms with van der Waals surface area (Å²) >= 11 is 0. The van der Waals surface area contributed by atoms with Gasteiger partial charge in [0.15, 0.2) is 0 Å². The molecule has 2 rings (SSSR count). The van der Waals surface area contributed by atoms with E-state index in [1.165, 1.54) is 6.92 Å². The number of aromatic carboxylic acids is 1. The lowest BCUT2D eigenvalue weighted by Crippen LogP contribution is -2.30. The molecule has 1 aromatic rings. The molecule has 0 atom stereocenters. The molecule has 20 heavy (non-hydrogen) atoms. The molecule has 6 nitrogen and oxygen atoms in total. The normalized spacial score (nSPS) is 17.1. The largest absolute Gasteiger partial charge is 0.477 e. The third kappa shape index (κ3) is 2.60. The van der Waals surface area contributed by atoms with E-state index >= 15 is 0 Å². The van der Waals surface area contributed by atoms with Gasteiger partial charge in [0.25, 0.3) is 0 Å². The van der Waals surface area contributed by atoms with Gasteiger partial charge in [0.05, 0.1) is 0 Å². The smallest absolute Gasteiger partial charge is 0.352 e. The lowest BCUT2D eigenvalue weighted by Gasteiger charge is -2.14. The molecule has 0 aliphatic heterocycles. The number of aryl methyl sites for hydroxylation is 1. The Balaban J connectivity index is 2.28. The number of carboxylic acid groups (broad SMARTS) is 1. The SMILES string of the molecule is CCC1(CNS(=O)(=O)c2c(C)[nH]c(C(=O)O)c2C)CC1. The first-order chi connectivity index (χ1) is 9.22. The average Bonchev–Trinajstić information content (AvgIpc) is 3.07. The van der Waals surface area contributed by atoms with Crippen LogP contribution in [0.2, 0.25) is 0 Å². The standard InChI is InChI=1S/C13H20N2O4S/c1-4-13(5-6-13)7-14-20(18,19)11-8(2)10(12(16)17)15-9(11)3/h14-15H,4-7H2,1-3H3,(H,16,17). The summed E-state index contributed by atoms with van der Waals surface area (Å²) in [6, 6.07) is 0. The Bertz CT molecular complexity index is 642. The first-order valence-electron chi connectivity index (χ1n) is 6.64. The third-order valence-corrected chi connectivity index (χ3v) is 5.87. The molecule has 0 saturated heterocycles. The monoisotopic (exact) mass is 300 g/mol. The predicted octanol–water partition coefficient (Wildman–Crippen LogP) is 1.80. The molecule has 0 bridgehead atoms. The van der Waals surface area contributed by atoms with E-state index < -0.39 is 16.0 Å². The molecule has 7 heteroatoms. The number of H-pyrrole nitrogens is 1. The van der Waals surface area contributed by atoms with Crippen LogP contribution in [0.1, 0.15) is 47.9 Å². The summed E-state index contributed by atoms with van der Waals surface area (Å²) in [5.41, 5.74) is 0.637. The van der Waals surface area contributed by atoms with E-state index in [0.717, 1.165) is 19.3 Å². The molecule has 0 amide bonds. The van der Waals surface area contributed by atoms with Crippen LogP contribution in [0.4, 0.5) is 0 Å². The maximum Gasteiger partial charge on any atom is 0.352 e. The second kappa shape index (κ2) is 4.89. The van der Waals surface area contributed by atoms with Gasteiger partial charge in [0.2, 0.25) is 10.0 Å². The van der Waals surface area contributed by atoms with Gasteiger partial charge in [-0.3, -0.25) is 0 Å². The maximum atomic E-state index is 12.4. The number of carbonyl (C=O) groups is 1. The molecule has 1 aromatic heterocycles. The minimum atomic E-state index is -3.68. The van der Waals surface area contributed by atoms with Gasteiger partial charge in [-0.2, -0.15) is 0 Å². The zero-order chi connectivity index (χ0) is 15.1. The molecule has 1 heterocycles. The summed E-state index contributed by atoms with van der Waals surface area (Å²) < 4.78 is 27.4. The number of aromatic amines is 1. The van der Waals surface area contributed by atoms with Crippen molar-refractivity contribution >= 4 is 16.0 Å². The van der Waals surface area contributed by atoms with E-state index in [-0.39, 0.29) is 21.6 Å². The Morgan fingerprint density at radius 1 is 1.40 bits per heavy atom. The van der Waals surface area contributed by atoms with E-state index in [1.807, 2.05) is 0 Å². The molecule has 1 fully saturated rings. The molecule has 3 N–H and O–H groups in total. The van der Waals surface area contributed by atoms with Crippen LogP contribution in [0.3, 0.4) is 0 Å². The van der Waals surface area contributed by atoms with Gasteiger partial charge in [0.1, 0.15) is 10.6 Å². The highest BCUT2D eigenvalue weighted by Gasteiger charge is 2.41.